The molecule has 0 saturated heterocycles. The fourth-order valence-electron chi connectivity index (χ4n) is 12.3. The number of aryl methyl sites for hydroxylation is 2. The molecule has 2 aliphatic carbocycles. The molecule has 1 fully saturated rings. The lowest BCUT2D eigenvalue weighted by Gasteiger charge is -2.25. The van der Waals surface area contributed by atoms with Gasteiger partial charge in [0.1, 0.15) is 0 Å². The lowest BCUT2D eigenvalue weighted by molar-refractivity contribution is -0.161. The van der Waals surface area contributed by atoms with Gasteiger partial charge in [0.2, 0.25) is 0 Å². The topological polar surface area (TPSA) is 89.5 Å². The Balaban J connectivity index is 0.684. The van der Waals surface area contributed by atoms with Crippen molar-refractivity contribution in [3.63, 3.8) is 0 Å². The Kier molecular flexibility index (Phi) is 29.7. The second-order valence-corrected chi connectivity index (χ2v) is 24.3. The van der Waals surface area contributed by atoms with Crippen molar-refractivity contribution >= 4 is 11.9 Å². The number of fused-ring (bicyclic) bond motifs is 2. The van der Waals surface area contributed by atoms with E-state index in [1.54, 1.807) is 48.5 Å². The second-order valence-electron chi connectivity index (χ2n) is 24.3. The Bertz CT molecular complexity index is 3560. The van der Waals surface area contributed by atoms with E-state index in [-0.39, 0.29) is 46.8 Å². The maximum absolute atomic E-state index is 14.6. The third-order valence-electron chi connectivity index (χ3n) is 17.2. The molecule has 12 heteroatoms. The van der Waals surface area contributed by atoms with Crippen LogP contribution in [0.3, 0.4) is 0 Å². The molecule has 8 rings (SSSR count). The van der Waals surface area contributed by atoms with Crippen LogP contribution >= 0.6 is 0 Å². The van der Waals surface area contributed by atoms with Crippen LogP contribution in [0, 0.1) is 94.3 Å². The summed E-state index contributed by atoms with van der Waals surface area (Å²) in [5.74, 6) is 22.8. The van der Waals surface area contributed by atoms with Crippen molar-refractivity contribution < 1.29 is 55.6 Å². The summed E-state index contributed by atoms with van der Waals surface area (Å²) in [5, 5.41) is 0. The summed E-state index contributed by atoms with van der Waals surface area (Å²) in [6, 6.07) is 30.8. The minimum atomic E-state index is -0.488. The normalized spacial score (nSPS) is 14.9. The average Bonchev–Trinajstić information content (AvgIpc) is 1.62. The maximum atomic E-state index is 14.6. The van der Waals surface area contributed by atoms with E-state index in [1.807, 2.05) is 64.1 Å². The predicted molar refractivity (Wildman–Crippen MR) is 367 cm³/mol. The van der Waals surface area contributed by atoms with Gasteiger partial charge in [-0.15, -0.1) is 0 Å². The lowest BCUT2D eigenvalue weighted by atomic mass is 9.83. The fourth-order valence-corrected chi connectivity index (χ4v) is 12.3. The van der Waals surface area contributed by atoms with Crippen molar-refractivity contribution in [3.05, 3.63) is 200 Å². The van der Waals surface area contributed by atoms with E-state index in [1.165, 1.54) is 24.3 Å². The Hall–Kier alpha value is -8.84. The van der Waals surface area contributed by atoms with Gasteiger partial charge in [-0.2, -0.15) is 0 Å². The van der Waals surface area contributed by atoms with Gasteiger partial charge in [-0.3, -0.25) is 9.59 Å². The van der Waals surface area contributed by atoms with Crippen LogP contribution in [0.2, 0.25) is 0 Å². The molecule has 95 heavy (non-hydrogen) atoms. The molecule has 0 N–H and O–H groups in total. The van der Waals surface area contributed by atoms with Gasteiger partial charge in [0, 0.05) is 44.5 Å². The number of benzene rings is 6. The first-order valence-electron chi connectivity index (χ1n) is 34.5. The number of hydrogen-bond donors (Lipinski definition) is 0. The van der Waals surface area contributed by atoms with E-state index in [2.05, 4.69) is 59.5 Å². The number of hydrogen-bond acceptors (Lipinski definition) is 8. The van der Waals surface area contributed by atoms with E-state index in [9.17, 15) is 27.2 Å². The van der Waals surface area contributed by atoms with Crippen molar-refractivity contribution in [2.75, 3.05) is 39.6 Å². The Morgan fingerprint density at radius 1 is 0.347 bits per heavy atom. The molecule has 498 valence electrons. The van der Waals surface area contributed by atoms with Gasteiger partial charge in [-0.05, 0) is 205 Å². The van der Waals surface area contributed by atoms with Gasteiger partial charge in [0.25, 0.3) is 0 Å². The largest absolute Gasteiger partial charge is 0.491 e. The average molecular weight is 1290 g/mol. The van der Waals surface area contributed by atoms with Gasteiger partial charge in [0.05, 0.1) is 51.5 Å². The smallest absolute Gasteiger partial charge is 0.310 e. The zero-order valence-electron chi connectivity index (χ0n) is 55.7. The first-order valence-corrected chi connectivity index (χ1v) is 34.5. The number of esters is 2. The van der Waals surface area contributed by atoms with E-state index in [4.69, 9.17) is 28.4 Å². The second kappa shape index (κ2) is 39.1. The van der Waals surface area contributed by atoms with Crippen molar-refractivity contribution in [2.45, 2.75) is 163 Å². The molecule has 0 radical (unpaired) electrons. The highest BCUT2D eigenvalue weighted by Gasteiger charge is 2.53. The molecule has 2 unspecified atom stereocenters. The summed E-state index contributed by atoms with van der Waals surface area (Å²) in [7, 11) is 0. The number of carbonyl (C=O) groups is 2. The number of carbonyl (C=O) groups excluding carboxylic acids is 2. The molecule has 0 aliphatic heterocycles. The third kappa shape index (κ3) is 23.0. The summed E-state index contributed by atoms with van der Waals surface area (Å²) in [5.41, 5.74) is 7.64. The van der Waals surface area contributed by atoms with Crippen LogP contribution in [0.25, 0.3) is 0 Å². The van der Waals surface area contributed by atoms with Crippen molar-refractivity contribution in [1.29, 1.82) is 0 Å². The van der Waals surface area contributed by atoms with E-state index in [0.29, 0.717) is 61.9 Å². The molecule has 2 bridgehead atoms. The Morgan fingerprint density at radius 3 is 0.905 bits per heavy atom. The van der Waals surface area contributed by atoms with E-state index < -0.39 is 35.1 Å². The molecule has 1 saturated carbocycles. The summed E-state index contributed by atoms with van der Waals surface area (Å²) >= 11 is 0. The number of rotatable bonds is 34. The molecule has 6 aromatic carbocycles. The number of unbranched alkanes of at least 4 members (excludes halogenated alkanes) is 16. The summed E-state index contributed by atoms with van der Waals surface area (Å²) in [6.07, 6.45) is 25.2. The number of allylic oxidation sites excluding steroid dienone is 2. The SMILES string of the molecule is CCOc1ccc(C#Cc2ccc(C#Cc3ccc(OCC)c(F)c3)c(CCCCCCCCCCCOC(=O)[C@@H]3C4C=CC(C4)[C@H]3C(=O)OCCCCCCCCCCCc3cc(C#Cc4ccc(OCC)c(F)c4)ccc3C#Cc3ccc(OCC)c(F)c3)c2)cc1F. The molecule has 6 aromatic rings. The van der Waals surface area contributed by atoms with Crippen LogP contribution in [0.1, 0.15) is 205 Å². The minimum absolute atomic E-state index is 0.0119. The molecule has 8 nitrogen and oxygen atoms in total. The molecule has 0 aromatic heterocycles. The Morgan fingerprint density at radius 2 is 0.611 bits per heavy atom. The molecule has 0 heterocycles. The minimum Gasteiger partial charge on any atom is -0.491 e. The summed E-state index contributed by atoms with van der Waals surface area (Å²) in [6.45, 7) is 9.45. The standard InChI is InChI=1S/C83H90F4O8/c1-5-90-76-47-37-62(55-72(76)84)31-29-60-33-41-66(43-35-64-39-49-78(92-7-3)74(86)57-64)68(53-60)27-23-19-15-11-9-13-17-21-25-51-94-82(88)80-70-45-46-71(59-70)81(80)83(89)95-52-26-22-18-14-10-12-16-20-24-28-69-54-61(30-32-63-38-48-77(91-6-2)73(85)56-63)34-42-67(69)44-36-65-40-50-79(93-8-4)75(87)58-65/h33-34,37-42,45-50,53-58,70-71,80-81H,5-28,51-52,59H2,1-4H3/t70?,71?,80-,81-/m1/s1. The molecule has 0 spiro atoms. The quantitative estimate of drug-likeness (QED) is 0.0130. The zero-order chi connectivity index (χ0) is 67.0. The molecular formula is C83H90F4O8. The first kappa shape index (κ1) is 72.0. The lowest BCUT2D eigenvalue weighted by Crippen LogP contribution is -2.35. The van der Waals surface area contributed by atoms with Crippen LogP contribution in [0.15, 0.2) is 121 Å². The fraction of sp³-hybridized carbons (Fsp3) is 0.422. The predicted octanol–water partition coefficient (Wildman–Crippen LogP) is 18.8. The van der Waals surface area contributed by atoms with Gasteiger partial charge in [0.15, 0.2) is 46.3 Å². The summed E-state index contributed by atoms with van der Waals surface area (Å²) in [4.78, 5) is 27.0. The van der Waals surface area contributed by atoms with E-state index in [0.717, 1.165) is 168 Å². The molecular weight excluding hydrogens is 1200 g/mol. The highest BCUT2D eigenvalue weighted by Crippen LogP contribution is 2.49. The highest BCUT2D eigenvalue weighted by molar-refractivity contribution is 5.84. The van der Waals surface area contributed by atoms with Gasteiger partial charge < -0.3 is 28.4 Å². The van der Waals surface area contributed by atoms with Gasteiger partial charge >= 0.3 is 11.9 Å². The highest BCUT2D eigenvalue weighted by atomic mass is 19.1. The molecule has 2 aliphatic rings. The van der Waals surface area contributed by atoms with Crippen molar-refractivity contribution in [1.82, 2.24) is 0 Å². The van der Waals surface area contributed by atoms with Gasteiger partial charge in [-0.25, -0.2) is 17.6 Å². The molecule has 4 atom stereocenters. The third-order valence-corrected chi connectivity index (χ3v) is 17.2. The number of halogens is 4. The summed E-state index contributed by atoms with van der Waals surface area (Å²) < 4.78 is 91.4. The van der Waals surface area contributed by atoms with E-state index >= 15 is 0 Å². The maximum Gasteiger partial charge on any atom is 0.310 e. The number of ether oxygens (including phenoxy) is 6. The molecule has 0 amide bonds. The van der Waals surface area contributed by atoms with Crippen LogP contribution in [-0.2, 0) is 31.9 Å². The van der Waals surface area contributed by atoms with Crippen LogP contribution in [0.5, 0.6) is 23.0 Å². The van der Waals surface area contributed by atoms with Gasteiger partial charge in [-0.1, -0.05) is 149 Å². The Labute approximate surface area is 561 Å². The first-order chi connectivity index (χ1) is 46.4. The van der Waals surface area contributed by atoms with Crippen LogP contribution in [-0.4, -0.2) is 51.6 Å². The monoisotopic (exact) mass is 1290 g/mol. The zero-order valence-corrected chi connectivity index (χ0v) is 55.7. The van der Waals surface area contributed by atoms with Crippen LogP contribution < -0.4 is 18.9 Å². The van der Waals surface area contributed by atoms with Crippen molar-refractivity contribution in [3.8, 4) is 70.4 Å². The van der Waals surface area contributed by atoms with Crippen molar-refractivity contribution in [2.24, 2.45) is 23.7 Å². The van der Waals surface area contributed by atoms with Crippen LogP contribution in [0.4, 0.5) is 17.6 Å².